The predicted molar refractivity (Wildman–Crippen MR) is 112 cm³/mol. The first-order valence-corrected chi connectivity index (χ1v) is 10.5. The van der Waals surface area contributed by atoms with Crippen LogP contribution in [-0.4, -0.2) is 36.1 Å². The topological polar surface area (TPSA) is 49.4 Å². The average molecular weight is 383 g/mol. The lowest BCUT2D eigenvalue weighted by Gasteiger charge is -2.32. The van der Waals surface area contributed by atoms with E-state index in [-0.39, 0.29) is 17.7 Å². The molecule has 142 valence electrons. The summed E-state index contributed by atoms with van der Waals surface area (Å²) in [5, 5.41) is 2.99. The highest BCUT2D eigenvalue weighted by molar-refractivity contribution is 7.98. The van der Waals surface area contributed by atoms with Crippen LogP contribution in [0.25, 0.3) is 0 Å². The van der Waals surface area contributed by atoms with Gasteiger partial charge in [-0.3, -0.25) is 4.79 Å². The van der Waals surface area contributed by atoms with Crippen molar-refractivity contribution in [2.45, 2.75) is 31.6 Å². The summed E-state index contributed by atoms with van der Waals surface area (Å²) in [5.41, 5.74) is 3.77. The van der Waals surface area contributed by atoms with Crippen LogP contribution < -0.4 is 5.32 Å². The second-order valence-electron chi connectivity index (χ2n) is 7.13. The van der Waals surface area contributed by atoms with E-state index in [1.165, 1.54) is 5.56 Å². The molecule has 2 amide bonds. The SMILES string of the molecule is CSc1ccc(C(=O)[C@@H]2CCCN(C(=O)Nc3ccc(C)cc3C)C2)cc1. The van der Waals surface area contributed by atoms with Gasteiger partial charge in [-0.1, -0.05) is 29.8 Å². The summed E-state index contributed by atoms with van der Waals surface area (Å²) in [7, 11) is 0. The van der Waals surface area contributed by atoms with E-state index in [0.29, 0.717) is 13.1 Å². The molecule has 1 heterocycles. The van der Waals surface area contributed by atoms with Crippen LogP contribution in [0.5, 0.6) is 0 Å². The van der Waals surface area contributed by atoms with Gasteiger partial charge in [-0.15, -0.1) is 11.8 Å². The first-order valence-electron chi connectivity index (χ1n) is 9.29. The number of rotatable bonds is 4. The van der Waals surface area contributed by atoms with Gasteiger partial charge in [0, 0.05) is 35.2 Å². The molecule has 2 aromatic rings. The molecule has 2 aromatic carbocycles. The van der Waals surface area contributed by atoms with Crippen molar-refractivity contribution in [2.75, 3.05) is 24.7 Å². The van der Waals surface area contributed by atoms with Crippen LogP contribution in [0.3, 0.4) is 0 Å². The normalized spacial score (nSPS) is 16.9. The number of hydrogen-bond acceptors (Lipinski definition) is 3. The number of carbonyl (C=O) groups is 2. The van der Waals surface area contributed by atoms with E-state index in [0.717, 1.165) is 34.6 Å². The molecule has 0 bridgehead atoms. The molecule has 0 radical (unpaired) electrons. The van der Waals surface area contributed by atoms with Crippen LogP contribution in [0.4, 0.5) is 10.5 Å². The summed E-state index contributed by atoms with van der Waals surface area (Å²) in [6.07, 6.45) is 3.69. The molecule has 1 atom stereocenters. The molecule has 1 N–H and O–H groups in total. The summed E-state index contributed by atoms with van der Waals surface area (Å²) >= 11 is 1.66. The Morgan fingerprint density at radius 1 is 1.11 bits per heavy atom. The number of likely N-dealkylation sites (tertiary alicyclic amines) is 1. The number of amides is 2. The summed E-state index contributed by atoms with van der Waals surface area (Å²) in [6.45, 7) is 5.18. The number of Topliss-reactive ketones (excluding diaryl/α,β-unsaturated/α-hetero) is 1. The molecular weight excluding hydrogens is 356 g/mol. The van der Waals surface area contributed by atoms with Crippen LogP contribution in [0, 0.1) is 19.8 Å². The molecule has 0 spiro atoms. The molecule has 1 aliphatic heterocycles. The van der Waals surface area contributed by atoms with Gasteiger partial charge in [0.25, 0.3) is 0 Å². The number of benzene rings is 2. The number of hydrogen-bond donors (Lipinski definition) is 1. The van der Waals surface area contributed by atoms with Crippen molar-refractivity contribution in [1.82, 2.24) is 4.90 Å². The lowest BCUT2D eigenvalue weighted by molar-refractivity contribution is 0.0851. The van der Waals surface area contributed by atoms with Crippen molar-refractivity contribution in [3.05, 3.63) is 59.2 Å². The molecule has 0 unspecified atom stereocenters. The zero-order valence-corrected chi connectivity index (χ0v) is 16.9. The number of piperidine rings is 1. The number of thioether (sulfide) groups is 1. The number of aryl methyl sites for hydroxylation is 2. The Balaban J connectivity index is 1.65. The Kier molecular flexibility index (Phi) is 6.22. The molecule has 1 saturated heterocycles. The van der Waals surface area contributed by atoms with Gasteiger partial charge in [0.05, 0.1) is 0 Å². The van der Waals surface area contributed by atoms with Crippen molar-refractivity contribution in [1.29, 1.82) is 0 Å². The third kappa shape index (κ3) is 4.72. The number of ketones is 1. The Morgan fingerprint density at radius 2 is 1.85 bits per heavy atom. The Morgan fingerprint density at radius 3 is 2.52 bits per heavy atom. The molecular formula is C22H26N2O2S. The molecule has 1 aliphatic rings. The lowest BCUT2D eigenvalue weighted by Crippen LogP contribution is -2.44. The monoisotopic (exact) mass is 382 g/mol. The zero-order chi connectivity index (χ0) is 19.4. The summed E-state index contributed by atoms with van der Waals surface area (Å²) in [5.74, 6) is -0.00425. The molecule has 27 heavy (non-hydrogen) atoms. The van der Waals surface area contributed by atoms with E-state index in [2.05, 4.69) is 11.4 Å². The summed E-state index contributed by atoms with van der Waals surface area (Å²) < 4.78 is 0. The zero-order valence-electron chi connectivity index (χ0n) is 16.1. The van der Waals surface area contributed by atoms with Crippen LogP contribution in [0.15, 0.2) is 47.4 Å². The van der Waals surface area contributed by atoms with Crippen molar-refractivity contribution < 1.29 is 9.59 Å². The maximum Gasteiger partial charge on any atom is 0.321 e. The average Bonchev–Trinajstić information content (AvgIpc) is 2.69. The fourth-order valence-corrected chi connectivity index (χ4v) is 3.92. The maximum atomic E-state index is 12.9. The molecule has 3 rings (SSSR count). The Bertz CT molecular complexity index is 833. The number of nitrogens with zero attached hydrogens (tertiary/aromatic N) is 1. The van der Waals surface area contributed by atoms with Gasteiger partial charge >= 0.3 is 6.03 Å². The second kappa shape index (κ2) is 8.61. The highest BCUT2D eigenvalue weighted by atomic mass is 32.2. The summed E-state index contributed by atoms with van der Waals surface area (Å²) in [6, 6.07) is 13.6. The van der Waals surface area contributed by atoms with E-state index in [1.54, 1.807) is 16.7 Å². The summed E-state index contributed by atoms with van der Waals surface area (Å²) in [4.78, 5) is 28.5. The van der Waals surface area contributed by atoms with Crippen LogP contribution in [0.2, 0.25) is 0 Å². The smallest absolute Gasteiger partial charge is 0.321 e. The molecule has 0 saturated carbocycles. The van der Waals surface area contributed by atoms with Crippen LogP contribution in [0.1, 0.15) is 34.3 Å². The van der Waals surface area contributed by atoms with E-state index in [1.807, 2.05) is 56.5 Å². The van der Waals surface area contributed by atoms with Gasteiger partial charge in [0.15, 0.2) is 5.78 Å². The highest BCUT2D eigenvalue weighted by Crippen LogP contribution is 2.24. The van der Waals surface area contributed by atoms with Gasteiger partial charge in [-0.05, 0) is 56.7 Å². The number of urea groups is 1. The molecule has 0 aromatic heterocycles. The second-order valence-corrected chi connectivity index (χ2v) is 8.01. The quantitative estimate of drug-likeness (QED) is 0.587. The van der Waals surface area contributed by atoms with E-state index in [4.69, 9.17) is 0 Å². The minimum atomic E-state index is -0.135. The van der Waals surface area contributed by atoms with Gasteiger partial charge in [0.2, 0.25) is 0 Å². The molecule has 0 aliphatic carbocycles. The largest absolute Gasteiger partial charge is 0.324 e. The van der Waals surface area contributed by atoms with Gasteiger partial charge in [0.1, 0.15) is 0 Å². The van der Waals surface area contributed by atoms with Crippen molar-refractivity contribution in [3.8, 4) is 0 Å². The minimum Gasteiger partial charge on any atom is -0.324 e. The van der Waals surface area contributed by atoms with Crippen molar-refractivity contribution >= 4 is 29.3 Å². The fourth-order valence-electron chi connectivity index (χ4n) is 3.51. The third-order valence-corrected chi connectivity index (χ3v) is 5.82. The van der Waals surface area contributed by atoms with Crippen molar-refractivity contribution in [3.63, 3.8) is 0 Å². The first-order chi connectivity index (χ1) is 13.0. The number of nitrogens with one attached hydrogen (secondary N) is 1. The highest BCUT2D eigenvalue weighted by Gasteiger charge is 2.29. The molecule has 5 heteroatoms. The first kappa shape index (κ1) is 19.5. The van der Waals surface area contributed by atoms with Crippen LogP contribution >= 0.6 is 11.8 Å². The third-order valence-electron chi connectivity index (χ3n) is 5.08. The minimum absolute atomic E-state index is 0.128. The van der Waals surface area contributed by atoms with E-state index < -0.39 is 0 Å². The Labute approximate surface area is 165 Å². The van der Waals surface area contributed by atoms with Gasteiger partial charge in [-0.2, -0.15) is 0 Å². The maximum absolute atomic E-state index is 12.9. The number of carbonyl (C=O) groups excluding carboxylic acids is 2. The van der Waals surface area contributed by atoms with E-state index >= 15 is 0 Å². The molecule has 1 fully saturated rings. The van der Waals surface area contributed by atoms with Gasteiger partial charge < -0.3 is 10.2 Å². The van der Waals surface area contributed by atoms with E-state index in [9.17, 15) is 9.59 Å². The standard InChI is InChI=1S/C22H26N2O2S/c1-15-6-11-20(16(2)13-15)23-22(26)24-12-4-5-18(14-24)21(25)17-7-9-19(27-3)10-8-17/h6-11,13,18H,4-5,12,14H2,1-3H3,(H,23,26)/t18-/m1/s1. The Hall–Kier alpha value is -2.27. The number of anilines is 1. The predicted octanol–water partition coefficient (Wildman–Crippen LogP) is 5.15. The fraction of sp³-hybridized carbons (Fsp3) is 0.364. The lowest BCUT2D eigenvalue weighted by atomic mass is 9.90. The molecule has 4 nitrogen and oxygen atoms in total. The van der Waals surface area contributed by atoms with Crippen molar-refractivity contribution in [2.24, 2.45) is 5.92 Å². The van der Waals surface area contributed by atoms with Gasteiger partial charge in [-0.25, -0.2) is 4.79 Å². The van der Waals surface area contributed by atoms with Crippen LogP contribution in [-0.2, 0) is 0 Å².